The lowest BCUT2D eigenvalue weighted by Crippen LogP contribution is -2.58. The first-order valence-electron chi connectivity index (χ1n) is 6.53. The molecule has 5 nitrogen and oxygen atoms in total. The molecule has 0 spiro atoms. The average Bonchev–Trinajstić information content (AvgIpc) is 2.57. The Labute approximate surface area is 120 Å². The second-order valence-electron chi connectivity index (χ2n) is 5.93. The van der Waals surface area contributed by atoms with Gasteiger partial charge in [0.25, 0.3) is 0 Å². The highest BCUT2D eigenvalue weighted by molar-refractivity contribution is 7.80. The molecule has 0 radical (unpaired) electrons. The van der Waals surface area contributed by atoms with Gasteiger partial charge >= 0.3 is 0 Å². The number of thiocarbonyl (C=S) groups is 1. The van der Waals surface area contributed by atoms with E-state index in [1.165, 1.54) is 0 Å². The van der Waals surface area contributed by atoms with E-state index >= 15 is 0 Å². The van der Waals surface area contributed by atoms with Crippen LogP contribution in [0.4, 0.5) is 5.82 Å². The maximum Gasteiger partial charge on any atom is 0.137 e. The van der Waals surface area contributed by atoms with Crippen molar-refractivity contribution in [2.45, 2.75) is 26.3 Å². The fraction of sp³-hybridized carbons (Fsp3) is 0.692. The Bertz CT molecular complexity index is 505. The minimum Gasteiger partial charge on any atom is -0.389 e. The second kappa shape index (κ2) is 4.76. The lowest BCUT2D eigenvalue weighted by molar-refractivity contribution is 0.138. The molecule has 106 valence electrons. The Morgan fingerprint density at radius 3 is 2.47 bits per heavy atom. The molecular weight excluding hydrogens is 258 g/mol. The quantitative estimate of drug-likeness (QED) is 0.816. The van der Waals surface area contributed by atoms with Crippen molar-refractivity contribution in [3.63, 3.8) is 0 Å². The van der Waals surface area contributed by atoms with Gasteiger partial charge in [-0.3, -0.25) is 9.58 Å². The lowest BCUT2D eigenvalue weighted by Gasteiger charge is -2.46. The summed E-state index contributed by atoms with van der Waals surface area (Å²) in [7, 11) is 4.12. The molecular formula is C13H23N5S. The van der Waals surface area contributed by atoms with Crippen molar-refractivity contribution in [3.05, 3.63) is 11.3 Å². The van der Waals surface area contributed by atoms with E-state index in [0.29, 0.717) is 4.99 Å². The topological polar surface area (TPSA) is 50.3 Å². The van der Waals surface area contributed by atoms with Crippen LogP contribution in [0.2, 0.25) is 0 Å². The van der Waals surface area contributed by atoms with Gasteiger partial charge in [-0.25, -0.2) is 0 Å². The number of hydrogen-bond donors (Lipinski definition) is 1. The SMILES string of the molecule is Cc1nn(C)c(N2CCN(C)C(C)(C)C2)c1C(N)=S. The number of piperazine rings is 1. The molecule has 2 rings (SSSR count). The van der Waals surface area contributed by atoms with Crippen LogP contribution in [0.3, 0.4) is 0 Å². The van der Waals surface area contributed by atoms with Crippen LogP contribution in [0.25, 0.3) is 0 Å². The maximum absolute atomic E-state index is 5.87. The third-order valence-electron chi connectivity index (χ3n) is 4.05. The number of nitrogens with two attached hydrogens (primary N) is 1. The van der Waals surface area contributed by atoms with Crippen molar-refractivity contribution in [1.82, 2.24) is 14.7 Å². The van der Waals surface area contributed by atoms with Crippen molar-refractivity contribution in [2.24, 2.45) is 12.8 Å². The average molecular weight is 281 g/mol. The fourth-order valence-electron chi connectivity index (χ4n) is 2.72. The highest BCUT2D eigenvalue weighted by Gasteiger charge is 2.33. The first-order chi connectivity index (χ1) is 8.74. The van der Waals surface area contributed by atoms with Crippen LogP contribution in [-0.4, -0.2) is 51.9 Å². The third-order valence-corrected chi connectivity index (χ3v) is 4.26. The monoisotopic (exact) mass is 281 g/mol. The summed E-state index contributed by atoms with van der Waals surface area (Å²) < 4.78 is 1.89. The maximum atomic E-state index is 5.87. The normalized spacial score (nSPS) is 19.7. The van der Waals surface area contributed by atoms with Crippen LogP contribution in [0, 0.1) is 6.92 Å². The summed E-state index contributed by atoms with van der Waals surface area (Å²) in [6.07, 6.45) is 0. The number of likely N-dealkylation sites (N-methyl/N-ethyl adjacent to an activating group) is 1. The number of aryl methyl sites for hydroxylation is 2. The first kappa shape index (κ1) is 14.3. The van der Waals surface area contributed by atoms with Crippen LogP contribution < -0.4 is 10.6 Å². The fourth-order valence-corrected chi connectivity index (χ4v) is 2.96. The van der Waals surface area contributed by atoms with Gasteiger partial charge in [-0.15, -0.1) is 0 Å². The van der Waals surface area contributed by atoms with Crippen LogP contribution in [-0.2, 0) is 7.05 Å². The zero-order valence-corrected chi connectivity index (χ0v) is 13.2. The summed E-state index contributed by atoms with van der Waals surface area (Å²) in [4.78, 5) is 5.15. The largest absolute Gasteiger partial charge is 0.389 e. The highest BCUT2D eigenvalue weighted by Crippen LogP contribution is 2.28. The number of aromatic nitrogens is 2. The Balaban J connectivity index is 2.40. The van der Waals surface area contributed by atoms with Gasteiger partial charge in [-0.1, -0.05) is 12.2 Å². The van der Waals surface area contributed by atoms with E-state index in [1.54, 1.807) is 0 Å². The summed E-state index contributed by atoms with van der Waals surface area (Å²) in [5, 5.41) is 4.47. The van der Waals surface area contributed by atoms with Crippen LogP contribution in [0.1, 0.15) is 25.1 Å². The highest BCUT2D eigenvalue weighted by atomic mass is 32.1. The van der Waals surface area contributed by atoms with Crippen LogP contribution >= 0.6 is 12.2 Å². The Morgan fingerprint density at radius 2 is 1.95 bits per heavy atom. The van der Waals surface area contributed by atoms with E-state index in [0.717, 1.165) is 36.7 Å². The number of anilines is 1. The van der Waals surface area contributed by atoms with Gasteiger partial charge in [0.15, 0.2) is 0 Å². The Morgan fingerprint density at radius 1 is 1.32 bits per heavy atom. The zero-order chi connectivity index (χ0) is 14.4. The first-order valence-corrected chi connectivity index (χ1v) is 6.94. The molecule has 1 aromatic heterocycles. The molecule has 0 amide bonds. The van der Waals surface area contributed by atoms with Crippen molar-refractivity contribution in [3.8, 4) is 0 Å². The molecule has 0 saturated carbocycles. The summed E-state index contributed by atoms with van der Waals surface area (Å²) in [5.74, 6) is 1.05. The summed E-state index contributed by atoms with van der Waals surface area (Å²) in [6, 6.07) is 0. The van der Waals surface area contributed by atoms with Gasteiger partial charge < -0.3 is 10.6 Å². The van der Waals surface area contributed by atoms with E-state index in [9.17, 15) is 0 Å². The van der Waals surface area contributed by atoms with Gasteiger partial charge in [0.2, 0.25) is 0 Å². The smallest absolute Gasteiger partial charge is 0.137 e. The molecule has 1 aromatic rings. The predicted molar refractivity (Wildman–Crippen MR) is 82.8 cm³/mol. The lowest BCUT2D eigenvalue weighted by atomic mass is 9.99. The molecule has 1 saturated heterocycles. The molecule has 2 heterocycles. The van der Waals surface area contributed by atoms with Gasteiger partial charge in [-0.2, -0.15) is 5.10 Å². The van der Waals surface area contributed by atoms with Crippen molar-refractivity contribution in [2.75, 3.05) is 31.6 Å². The molecule has 1 fully saturated rings. The minimum atomic E-state index is 0.129. The van der Waals surface area contributed by atoms with E-state index in [1.807, 2.05) is 18.7 Å². The summed E-state index contributed by atoms with van der Waals surface area (Å²) in [6.45, 7) is 9.39. The molecule has 0 unspecified atom stereocenters. The number of hydrogen-bond acceptors (Lipinski definition) is 4. The summed E-state index contributed by atoms with van der Waals surface area (Å²) >= 11 is 5.19. The van der Waals surface area contributed by atoms with E-state index in [-0.39, 0.29) is 5.54 Å². The van der Waals surface area contributed by atoms with E-state index in [2.05, 4.69) is 35.8 Å². The molecule has 0 aliphatic carbocycles. The summed E-state index contributed by atoms with van der Waals surface area (Å²) in [5.41, 5.74) is 7.82. The number of rotatable bonds is 2. The standard InChI is InChI=1S/C13H23N5S/c1-9-10(11(14)19)12(17(5)15-9)18-7-6-16(4)13(2,3)8-18/h6-8H2,1-5H3,(H2,14,19). The van der Waals surface area contributed by atoms with Crippen LogP contribution in [0.5, 0.6) is 0 Å². The zero-order valence-electron chi connectivity index (χ0n) is 12.4. The van der Waals surface area contributed by atoms with Crippen molar-refractivity contribution >= 4 is 23.0 Å². The molecule has 2 N–H and O–H groups in total. The second-order valence-corrected chi connectivity index (χ2v) is 6.37. The van der Waals surface area contributed by atoms with Gasteiger partial charge in [-0.05, 0) is 27.8 Å². The van der Waals surface area contributed by atoms with E-state index < -0.39 is 0 Å². The minimum absolute atomic E-state index is 0.129. The molecule has 0 atom stereocenters. The molecule has 0 aromatic carbocycles. The van der Waals surface area contributed by atoms with Crippen molar-refractivity contribution < 1.29 is 0 Å². The van der Waals surface area contributed by atoms with Crippen LogP contribution in [0.15, 0.2) is 0 Å². The van der Waals surface area contributed by atoms with Gasteiger partial charge in [0.05, 0.1) is 11.3 Å². The molecule has 1 aliphatic heterocycles. The molecule has 0 bridgehead atoms. The molecule has 6 heteroatoms. The molecule has 1 aliphatic rings. The Hall–Kier alpha value is -1.14. The Kier molecular flexibility index (Phi) is 3.57. The van der Waals surface area contributed by atoms with Crippen molar-refractivity contribution in [1.29, 1.82) is 0 Å². The number of nitrogens with zero attached hydrogens (tertiary/aromatic N) is 4. The molecule has 19 heavy (non-hydrogen) atoms. The predicted octanol–water partition coefficient (Wildman–Crippen LogP) is 0.893. The van der Waals surface area contributed by atoms with Gasteiger partial charge in [0, 0.05) is 32.2 Å². The van der Waals surface area contributed by atoms with Gasteiger partial charge in [0.1, 0.15) is 10.8 Å². The third kappa shape index (κ3) is 2.47. The van der Waals surface area contributed by atoms with E-state index in [4.69, 9.17) is 18.0 Å².